The zero-order chi connectivity index (χ0) is 15.0. The Kier molecular flexibility index (Phi) is 3.56. The molecule has 3 heterocycles. The predicted octanol–water partition coefficient (Wildman–Crippen LogP) is 2.27. The number of hydrogen-bond donors (Lipinski definition) is 0. The molecule has 3 aromatic rings. The van der Waals surface area contributed by atoms with Crippen molar-refractivity contribution in [3.8, 4) is 5.82 Å². The molecule has 0 N–H and O–H groups in total. The van der Waals surface area contributed by atoms with Gasteiger partial charge in [-0.25, -0.2) is 19.4 Å². The zero-order valence-electron chi connectivity index (χ0n) is 11.2. The normalized spacial score (nSPS) is 11.0. The maximum absolute atomic E-state index is 11.4. The fourth-order valence-electron chi connectivity index (χ4n) is 1.83. The predicted molar refractivity (Wildman–Crippen MR) is 78.1 cm³/mol. The summed E-state index contributed by atoms with van der Waals surface area (Å²) in [5, 5.41) is 5.01. The highest BCUT2D eigenvalue weighted by molar-refractivity contribution is 7.18. The standard InChI is InChI=1S/C12H10ClN5O2S/c1-3-6-4-7-9(15-12(13)16-10(7)21-6)18-5-14-8(17-18)11(19)20-2/h4-5H,3H2,1-2H3. The molecular weight excluding hydrogens is 314 g/mol. The molecule has 108 valence electrons. The van der Waals surface area contributed by atoms with E-state index in [-0.39, 0.29) is 11.1 Å². The van der Waals surface area contributed by atoms with Crippen molar-refractivity contribution in [2.24, 2.45) is 0 Å². The molecule has 0 bridgehead atoms. The Balaban J connectivity index is 2.16. The number of carbonyl (C=O) groups excluding carboxylic acids is 1. The second kappa shape index (κ2) is 5.38. The van der Waals surface area contributed by atoms with Crippen LogP contribution in [-0.2, 0) is 11.2 Å². The number of aryl methyl sites for hydroxylation is 1. The van der Waals surface area contributed by atoms with Gasteiger partial charge in [0.1, 0.15) is 11.2 Å². The summed E-state index contributed by atoms with van der Waals surface area (Å²) in [6.07, 6.45) is 2.29. The van der Waals surface area contributed by atoms with Gasteiger partial charge < -0.3 is 4.74 Å². The van der Waals surface area contributed by atoms with Crippen LogP contribution >= 0.6 is 22.9 Å². The zero-order valence-corrected chi connectivity index (χ0v) is 12.8. The van der Waals surface area contributed by atoms with Crippen molar-refractivity contribution in [2.75, 3.05) is 7.11 Å². The minimum atomic E-state index is -0.607. The molecule has 0 spiro atoms. The van der Waals surface area contributed by atoms with Gasteiger partial charge in [0.25, 0.3) is 5.82 Å². The Hall–Kier alpha value is -2.06. The van der Waals surface area contributed by atoms with E-state index in [0.717, 1.165) is 21.5 Å². The van der Waals surface area contributed by atoms with Gasteiger partial charge in [0.05, 0.1) is 12.5 Å². The Morgan fingerprint density at radius 2 is 2.29 bits per heavy atom. The molecule has 0 unspecified atom stereocenters. The number of esters is 1. The summed E-state index contributed by atoms with van der Waals surface area (Å²) < 4.78 is 5.98. The topological polar surface area (TPSA) is 82.8 Å². The summed E-state index contributed by atoms with van der Waals surface area (Å²) >= 11 is 7.50. The van der Waals surface area contributed by atoms with E-state index in [1.165, 1.54) is 18.1 Å². The minimum Gasteiger partial charge on any atom is -0.463 e. The number of thiophene rings is 1. The highest BCUT2D eigenvalue weighted by atomic mass is 35.5. The van der Waals surface area contributed by atoms with Crippen LogP contribution in [0.3, 0.4) is 0 Å². The number of fused-ring (bicyclic) bond motifs is 1. The summed E-state index contributed by atoms with van der Waals surface area (Å²) in [6.45, 7) is 2.06. The molecule has 0 aliphatic heterocycles. The van der Waals surface area contributed by atoms with Crippen LogP contribution in [-0.4, -0.2) is 37.8 Å². The summed E-state index contributed by atoms with van der Waals surface area (Å²) in [5.41, 5.74) is 0. The first kappa shape index (κ1) is 13.9. The number of halogens is 1. The first-order valence-corrected chi connectivity index (χ1v) is 7.28. The fraction of sp³-hybridized carbons (Fsp3) is 0.250. The van der Waals surface area contributed by atoms with E-state index in [4.69, 9.17) is 11.6 Å². The molecule has 3 rings (SSSR count). The molecule has 0 aliphatic rings. The SMILES string of the molecule is CCc1cc2c(-n3cnc(C(=O)OC)n3)nc(Cl)nc2s1. The second-order valence-electron chi connectivity index (χ2n) is 4.11. The van der Waals surface area contributed by atoms with Gasteiger partial charge >= 0.3 is 5.97 Å². The number of ether oxygens (including phenoxy) is 1. The third-order valence-corrected chi connectivity index (χ3v) is 4.16. The van der Waals surface area contributed by atoms with Crippen LogP contribution in [0.1, 0.15) is 22.4 Å². The van der Waals surface area contributed by atoms with Gasteiger partial charge in [-0.2, -0.15) is 4.98 Å². The van der Waals surface area contributed by atoms with Gasteiger partial charge in [-0.05, 0) is 24.1 Å². The number of carbonyl (C=O) groups is 1. The van der Waals surface area contributed by atoms with Gasteiger partial charge in [0.15, 0.2) is 5.82 Å². The molecule has 0 aromatic carbocycles. The van der Waals surface area contributed by atoms with Crippen molar-refractivity contribution in [3.63, 3.8) is 0 Å². The third-order valence-electron chi connectivity index (χ3n) is 2.82. The molecule has 21 heavy (non-hydrogen) atoms. The molecule has 0 fully saturated rings. The number of nitrogens with zero attached hydrogens (tertiary/aromatic N) is 5. The van der Waals surface area contributed by atoms with E-state index < -0.39 is 5.97 Å². The quantitative estimate of drug-likeness (QED) is 0.543. The van der Waals surface area contributed by atoms with E-state index in [9.17, 15) is 4.79 Å². The van der Waals surface area contributed by atoms with Gasteiger partial charge in [-0.3, -0.25) is 0 Å². The lowest BCUT2D eigenvalue weighted by molar-refractivity contribution is 0.0587. The van der Waals surface area contributed by atoms with Crippen LogP contribution in [0.5, 0.6) is 0 Å². The minimum absolute atomic E-state index is 0.0358. The van der Waals surface area contributed by atoms with E-state index in [1.807, 2.05) is 6.07 Å². The number of hydrogen-bond acceptors (Lipinski definition) is 7. The molecule has 0 atom stereocenters. The highest BCUT2D eigenvalue weighted by Crippen LogP contribution is 2.29. The average molecular weight is 324 g/mol. The lowest BCUT2D eigenvalue weighted by Crippen LogP contribution is -2.06. The Labute approximate surface area is 128 Å². The van der Waals surface area contributed by atoms with Crippen LogP contribution in [0.4, 0.5) is 0 Å². The molecule has 7 nitrogen and oxygen atoms in total. The van der Waals surface area contributed by atoms with Crippen molar-refractivity contribution in [1.82, 2.24) is 24.7 Å². The molecule has 9 heteroatoms. The molecule has 0 saturated carbocycles. The van der Waals surface area contributed by atoms with Crippen molar-refractivity contribution >= 4 is 39.1 Å². The Bertz CT molecular complexity index is 828. The Morgan fingerprint density at radius 3 is 3.00 bits per heavy atom. The highest BCUT2D eigenvalue weighted by Gasteiger charge is 2.16. The number of rotatable bonds is 3. The Morgan fingerprint density at radius 1 is 1.48 bits per heavy atom. The molecule has 3 aromatic heterocycles. The van der Waals surface area contributed by atoms with Crippen molar-refractivity contribution < 1.29 is 9.53 Å². The molecule has 0 aliphatic carbocycles. The van der Waals surface area contributed by atoms with Crippen LogP contribution in [0.15, 0.2) is 12.4 Å². The van der Waals surface area contributed by atoms with Crippen molar-refractivity contribution in [3.05, 3.63) is 28.4 Å². The number of aromatic nitrogens is 5. The smallest absolute Gasteiger partial charge is 0.377 e. The summed E-state index contributed by atoms with van der Waals surface area (Å²) in [4.78, 5) is 25.7. The van der Waals surface area contributed by atoms with Gasteiger partial charge in [0.2, 0.25) is 5.28 Å². The summed E-state index contributed by atoms with van der Waals surface area (Å²) in [7, 11) is 1.27. The molecule has 0 radical (unpaired) electrons. The van der Waals surface area contributed by atoms with Crippen molar-refractivity contribution in [2.45, 2.75) is 13.3 Å². The van der Waals surface area contributed by atoms with Gasteiger partial charge in [-0.15, -0.1) is 16.4 Å². The lowest BCUT2D eigenvalue weighted by Gasteiger charge is -2.01. The van der Waals surface area contributed by atoms with Crippen LogP contribution in [0.2, 0.25) is 5.28 Å². The summed E-state index contributed by atoms with van der Waals surface area (Å²) in [6, 6.07) is 1.99. The first-order chi connectivity index (χ1) is 10.1. The van der Waals surface area contributed by atoms with E-state index in [2.05, 4.69) is 31.7 Å². The maximum atomic E-state index is 11.4. The van der Waals surface area contributed by atoms with Gasteiger partial charge in [-0.1, -0.05) is 6.92 Å². The van der Waals surface area contributed by atoms with Crippen LogP contribution < -0.4 is 0 Å². The second-order valence-corrected chi connectivity index (χ2v) is 5.56. The van der Waals surface area contributed by atoms with Crippen molar-refractivity contribution in [1.29, 1.82) is 0 Å². The maximum Gasteiger partial charge on any atom is 0.377 e. The van der Waals surface area contributed by atoms with Crippen LogP contribution in [0.25, 0.3) is 16.0 Å². The monoisotopic (exact) mass is 323 g/mol. The molecule has 0 amide bonds. The first-order valence-electron chi connectivity index (χ1n) is 6.08. The van der Waals surface area contributed by atoms with Gasteiger partial charge in [0, 0.05) is 4.88 Å². The van der Waals surface area contributed by atoms with E-state index in [1.54, 1.807) is 11.3 Å². The molecular formula is C12H10ClN5O2S. The average Bonchev–Trinajstić information content (AvgIpc) is 3.11. The largest absolute Gasteiger partial charge is 0.463 e. The fourth-order valence-corrected chi connectivity index (χ4v) is 3.01. The molecule has 0 saturated heterocycles. The third kappa shape index (κ3) is 2.47. The lowest BCUT2D eigenvalue weighted by atomic mass is 10.3. The number of methoxy groups -OCH3 is 1. The van der Waals surface area contributed by atoms with E-state index in [0.29, 0.717) is 5.82 Å². The van der Waals surface area contributed by atoms with E-state index >= 15 is 0 Å². The summed E-state index contributed by atoms with van der Waals surface area (Å²) in [5.74, 6) is -0.153. The van der Waals surface area contributed by atoms with Crippen LogP contribution in [0, 0.1) is 0 Å².